The van der Waals surface area contributed by atoms with Gasteiger partial charge < -0.3 is 10.1 Å². The first kappa shape index (κ1) is 14.4. The molecule has 0 aliphatic heterocycles. The van der Waals surface area contributed by atoms with Crippen LogP contribution in [0.25, 0.3) is 10.9 Å². The van der Waals surface area contributed by atoms with E-state index in [0.717, 1.165) is 12.5 Å². The Labute approximate surface area is 114 Å². The number of nitrogens with zero attached hydrogens (tertiary/aromatic N) is 1. The Morgan fingerprint density at radius 2 is 2.00 bits per heavy atom. The Morgan fingerprint density at radius 1 is 1.25 bits per heavy atom. The number of halogens is 3. The highest BCUT2D eigenvalue weighted by Gasteiger charge is 2.33. The Hall–Kier alpha value is -1.98. The third-order valence-corrected chi connectivity index (χ3v) is 2.81. The lowest BCUT2D eigenvalue weighted by Gasteiger charge is -2.12. The fraction of sp³-hybridized carbons (Fsp3) is 0.357. The van der Waals surface area contributed by atoms with Crippen LogP contribution < -0.4 is 10.1 Å². The van der Waals surface area contributed by atoms with E-state index in [0.29, 0.717) is 23.4 Å². The maximum atomic E-state index is 12.8. The second-order valence-electron chi connectivity index (χ2n) is 4.33. The second kappa shape index (κ2) is 5.56. The molecule has 2 rings (SSSR count). The van der Waals surface area contributed by atoms with Crippen molar-refractivity contribution < 1.29 is 17.9 Å². The molecule has 0 saturated heterocycles. The number of rotatable bonds is 4. The van der Waals surface area contributed by atoms with Gasteiger partial charge in [0.05, 0.1) is 12.1 Å². The largest absolute Gasteiger partial charge is 0.494 e. The summed E-state index contributed by atoms with van der Waals surface area (Å²) in [7, 11) is 1.58. The molecule has 108 valence electrons. The summed E-state index contributed by atoms with van der Waals surface area (Å²) in [5.74, 6) is 0.623. The fourth-order valence-electron chi connectivity index (χ4n) is 1.87. The Kier molecular flexibility index (Phi) is 4.01. The summed E-state index contributed by atoms with van der Waals surface area (Å²) >= 11 is 0. The molecule has 1 N–H and O–H groups in total. The van der Waals surface area contributed by atoms with Gasteiger partial charge >= 0.3 is 6.18 Å². The van der Waals surface area contributed by atoms with Crippen molar-refractivity contribution in [2.24, 2.45) is 0 Å². The number of alkyl halides is 3. The van der Waals surface area contributed by atoms with Crippen molar-refractivity contribution in [3.8, 4) is 5.75 Å². The first-order valence-electron chi connectivity index (χ1n) is 6.28. The van der Waals surface area contributed by atoms with Gasteiger partial charge in [-0.1, -0.05) is 6.92 Å². The fourth-order valence-corrected chi connectivity index (χ4v) is 1.87. The van der Waals surface area contributed by atoms with Crippen molar-refractivity contribution in [3.63, 3.8) is 0 Å². The number of pyridine rings is 1. The van der Waals surface area contributed by atoms with E-state index in [-0.39, 0.29) is 5.52 Å². The van der Waals surface area contributed by atoms with Gasteiger partial charge in [-0.15, -0.1) is 0 Å². The van der Waals surface area contributed by atoms with Crippen molar-refractivity contribution in [1.82, 2.24) is 4.98 Å². The molecule has 6 heteroatoms. The topological polar surface area (TPSA) is 34.1 Å². The third-order valence-electron chi connectivity index (χ3n) is 2.81. The lowest BCUT2D eigenvalue weighted by molar-refractivity contribution is -0.140. The monoisotopic (exact) mass is 284 g/mol. The highest BCUT2D eigenvalue weighted by Crippen LogP contribution is 2.34. The highest BCUT2D eigenvalue weighted by molar-refractivity contribution is 5.92. The number of hydrogen-bond acceptors (Lipinski definition) is 3. The molecule has 0 bridgehead atoms. The smallest absolute Gasteiger partial charge is 0.433 e. The van der Waals surface area contributed by atoms with Gasteiger partial charge in [0.2, 0.25) is 0 Å². The van der Waals surface area contributed by atoms with Gasteiger partial charge in [-0.2, -0.15) is 13.2 Å². The molecule has 0 amide bonds. The van der Waals surface area contributed by atoms with Gasteiger partial charge in [0.15, 0.2) is 0 Å². The van der Waals surface area contributed by atoms with Crippen molar-refractivity contribution in [1.29, 1.82) is 0 Å². The minimum absolute atomic E-state index is 0.285. The van der Waals surface area contributed by atoms with E-state index >= 15 is 0 Å². The maximum absolute atomic E-state index is 12.8. The summed E-state index contributed by atoms with van der Waals surface area (Å²) in [6, 6.07) is 5.87. The predicted molar refractivity (Wildman–Crippen MR) is 72.1 cm³/mol. The maximum Gasteiger partial charge on any atom is 0.433 e. The lowest BCUT2D eigenvalue weighted by atomic mass is 10.1. The van der Waals surface area contributed by atoms with Crippen molar-refractivity contribution in [2.75, 3.05) is 19.0 Å². The number of fused-ring (bicyclic) bond motifs is 1. The summed E-state index contributed by atoms with van der Waals surface area (Å²) in [6.07, 6.45) is -3.60. The van der Waals surface area contributed by atoms with Crippen molar-refractivity contribution >= 4 is 16.6 Å². The second-order valence-corrected chi connectivity index (χ2v) is 4.33. The van der Waals surface area contributed by atoms with Crippen LogP contribution in [0.1, 0.15) is 19.0 Å². The molecule has 20 heavy (non-hydrogen) atoms. The minimum atomic E-state index is -4.46. The van der Waals surface area contributed by atoms with Crippen LogP contribution in [0.15, 0.2) is 24.3 Å². The van der Waals surface area contributed by atoms with Crippen molar-refractivity contribution in [2.45, 2.75) is 19.5 Å². The minimum Gasteiger partial charge on any atom is -0.494 e. The van der Waals surface area contributed by atoms with E-state index in [1.165, 1.54) is 6.07 Å². The molecule has 0 fully saturated rings. The van der Waals surface area contributed by atoms with Gasteiger partial charge in [-0.25, -0.2) is 4.98 Å². The normalized spacial score (nSPS) is 11.7. The molecule has 1 aromatic heterocycles. The molecular weight excluding hydrogens is 269 g/mol. The first-order valence-corrected chi connectivity index (χ1v) is 6.28. The number of anilines is 1. The van der Waals surface area contributed by atoms with Crippen LogP contribution in [-0.2, 0) is 6.18 Å². The molecule has 1 heterocycles. The quantitative estimate of drug-likeness (QED) is 0.918. The van der Waals surface area contributed by atoms with Crippen LogP contribution in [0.4, 0.5) is 18.9 Å². The van der Waals surface area contributed by atoms with Crippen LogP contribution in [0, 0.1) is 0 Å². The first-order chi connectivity index (χ1) is 9.45. The average Bonchev–Trinajstić information content (AvgIpc) is 2.42. The highest BCUT2D eigenvalue weighted by atomic mass is 19.4. The molecule has 2 aromatic rings. The number of nitrogens with one attached hydrogen (secondary N) is 1. The molecule has 0 radical (unpaired) electrons. The van der Waals surface area contributed by atoms with Crippen LogP contribution in [-0.4, -0.2) is 18.6 Å². The predicted octanol–water partition coefficient (Wildman–Crippen LogP) is 4.08. The molecule has 1 aromatic carbocycles. The summed E-state index contributed by atoms with van der Waals surface area (Å²) in [4.78, 5) is 3.66. The van der Waals surface area contributed by atoms with Gasteiger partial charge in [0.1, 0.15) is 11.4 Å². The summed E-state index contributed by atoms with van der Waals surface area (Å²) in [6.45, 7) is 2.55. The summed E-state index contributed by atoms with van der Waals surface area (Å²) < 4.78 is 43.8. The Bertz CT molecular complexity index is 611. The summed E-state index contributed by atoms with van der Waals surface area (Å²) in [5.41, 5.74) is -0.242. The molecule has 0 aliphatic rings. The van der Waals surface area contributed by atoms with Crippen LogP contribution in [0.5, 0.6) is 5.75 Å². The van der Waals surface area contributed by atoms with E-state index in [1.54, 1.807) is 19.2 Å². The standard InChI is InChI=1S/C14H15F3N2O/c1-3-6-20-9-4-5-11-10(7-9)12(18-2)8-13(19-11)14(15,16)17/h4-5,7-8H,3,6H2,1-2H3,(H,18,19). The van der Waals surface area contributed by atoms with Gasteiger partial charge in [0, 0.05) is 18.1 Å². The van der Waals surface area contributed by atoms with E-state index in [1.807, 2.05) is 6.92 Å². The number of aromatic nitrogens is 1. The summed E-state index contributed by atoms with van der Waals surface area (Å²) in [5, 5.41) is 3.38. The zero-order chi connectivity index (χ0) is 14.8. The average molecular weight is 284 g/mol. The SMILES string of the molecule is CCCOc1ccc2nc(C(F)(F)F)cc(NC)c2c1. The molecule has 0 unspecified atom stereocenters. The Morgan fingerprint density at radius 3 is 2.60 bits per heavy atom. The Balaban J connectivity index is 2.53. The number of ether oxygens (including phenoxy) is 1. The zero-order valence-electron chi connectivity index (χ0n) is 11.2. The molecule has 0 saturated carbocycles. The molecule has 0 spiro atoms. The van der Waals surface area contributed by atoms with E-state index < -0.39 is 11.9 Å². The van der Waals surface area contributed by atoms with E-state index in [9.17, 15) is 13.2 Å². The zero-order valence-corrected chi connectivity index (χ0v) is 11.2. The van der Waals surface area contributed by atoms with E-state index in [4.69, 9.17) is 4.74 Å². The van der Waals surface area contributed by atoms with Crippen LogP contribution >= 0.6 is 0 Å². The van der Waals surface area contributed by atoms with Crippen LogP contribution in [0.3, 0.4) is 0 Å². The molecule has 3 nitrogen and oxygen atoms in total. The van der Waals surface area contributed by atoms with Crippen LogP contribution in [0.2, 0.25) is 0 Å². The third kappa shape index (κ3) is 2.95. The molecule has 0 atom stereocenters. The number of hydrogen-bond donors (Lipinski definition) is 1. The molecule has 0 aliphatic carbocycles. The lowest BCUT2D eigenvalue weighted by Crippen LogP contribution is -2.09. The van der Waals surface area contributed by atoms with E-state index in [2.05, 4.69) is 10.3 Å². The van der Waals surface area contributed by atoms with Gasteiger partial charge in [-0.3, -0.25) is 0 Å². The number of benzene rings is 1. The van der Waals surface area contributed by atoms with Gasteiger partial charge in [0.25, 0.3) is 0 Å². The van der Waals surface area contributed by atoms with Crippen molar-refractivity contribution in [3.05, 3.63) is 30.0 Å². The molecular formula is C14H15F3N2O. The van der Waals surface area contributed by atoms with Gasteiger partial charge in [-0.05, 0) is 30.7 Å².